The molecule has 0 atom stereocenters. The molecule has 3 rings (SSSR count). The predicted octanol–water partition coefficient (Wildman–Crippen LogP) is 4.13. The van der Waals surface area contributed by atoms with Crippen molar-refractivity contribution in [3.05, 3.63) is 72.1 Å². The van der Waals surface area contributed by atoms with Crippen molar-refractivity contribution >= 4 is 23.0 Å². The fourth-order valence-electron chi connectivity index (χ4n) is 2.68. The Morgan fingerprint density at radius 2 is 1.74 bits per heavy atom. The van der Waals surface area contributed by atoms with E-state index in [0.29, 0.717) is 16.9 Å². The number of carboxylic acids is 1. The minimum Gasteiger partial charge on any atom is -0.478 e. The maximum Gasteiger partial charge on any atom is 0.335 e. The van der Waals surface area contributed by atoms with E-state index < -0.39 is 5.97 Å². The second-order valence-corrected chi connectivity index (χ2v) is 6.17. The van der Waals surface area contributed by atoms with Crippen molar-refractivity contribution in [3.8, 4) is 17.2 Å². The summed E-state index contributed by atoms with van der Waals surface area (Å²) in [6.45, 7) is 0. The standard InChI is InChI=1S/C21H18N4O2/c1-25(2)18-9-5-14(6-10-18)19-13-23-12-16(11-22)20(19)24-17-7-3-15(4-8-17)21(26)27/h3-10,12-13H,1-2H3,(H,23,24)(H,26,27). The Morgan fingerprint density at radius 1 is 1.07 bits per heavy atom. The van der Waals surface area contributed by atoms with Crippen LogP contribution in [-0.2, 0) is 0 Å². The van der Waals surface area contributed by atoms with Crippen LogP contribution in [0.25, 0.3) is 11.1 Å². The van der Waals surface area contributed by atoms with E-state index in [9.17, 15) is 10.1 Å². The van der Waals surface area contributed by atoms with Crippen LogP contribution in [0.4, 0.5) is 17.1 Å². The van der Waals surface area contributed by atoms with E-state index >= 15 is 0 Å². The zero-order valence-corrected chi connectivity index (χ0v) is 15.0. The van der Waals surface area contributed by atoms with E-state index in [4.69, 9.17) is 5.11 Å². The monoisotopic (exact) mass is 358 g/mol. The third-order valence-electron chi connectivity index (χ3n) is 4.16. The van der Waals surface area contributed by atoms with Crippen molar-refractivity contribution in [3.63, 3.8) is 0 Å². The smallest absolute Gasteiger partial charge is 0.335 e. The van der Waals surface area contributed by atoms with Gasteiger partial charge in [0.15, 0.2) is 0 Å². The summed E-state index contributed by atoms with van der Waals surface area (Å²) in [5.74, 6) is -0.982. The van der Waals surface area contributed by atoms with Gasteiger partial charge in [-0.3, -0.25) is 4.98 Å². The van der Waals surface area contributed by atoms with Crippen LogP contribution >= 0.6 is 0 Å². The summed E-state index contributed by atoms with van der Waals surface area (Å²) < 4.78 is 0. The predicted molar refractivity (Wildman–Crippen MR) is 105 cm³/mol. The zero-order valence-electron chi connectivity index (χ0n) is 15.0. The molecule has 2 aromatic carbocycles. The van der Waals surface area contributed by atoms with E-state index in [1.165, 1.54) is 18.3 Å². The molecule has 6 heteroatoms. The second-order valence-electron chi connectivity index (χ2n) is 6.17. The molecule has 2 N–H and O–H groups in total. The highest BCUT2D eigenvalue weighted by Gasteiger charge is 2.12. The Bertz CT molecular complexity index is 1000. The Balaban J connectivity index is 2.01. The highest BCUT2D eigenvalue weighted by Crippen LogP contribution is 2.33. The van der Waals surface area contributed by atoms with E-state index in [0.717, 1.165) is 16.8 Å². The first-order valence-electron chi connectivity index (χ1n) is 8.26. The summed E-state index contributed by atoms with van der Waals surface area (Å²) in [4.78, 5) is 17.2. The van der Waals surface area contributed by atoms with Gasteiger partial charge in [-0.2, -0.15) is 5.26 Å². The van der Waals surface area contributed by atoms with Crippen LogP contribution in [0, 0.1) is 11.3 Å². The minimum atomic E-state index is -0.982. The highest BCUT2D eigenvalue weighted by atomic mass is 16.4. The van der Waals surface area contributed by atoms with Gasteiger partial charge in [0, 0.05) is 43.4 Å². The van der Waals surface area contributed by atoms with Crippen molar-refractivity contribution in [2.45, 2.75) is 0 Å². The van der Waals surface area contributed by atoms with Crippen LogP contribution in [0.3, 0.4) is 0 Å². The lowest BCUT2D eigenvalue weighted by molar-refractivity contribution is 0.0697. The molecule has 1 aromatic heterocycles. The molecule has 3 aromatic rings. The highest BCUT2D eigenvalue weighted by molar-refractivity contribution is 5.89. The maximum atomic E-state index is 11.0. The fourth-order valence-corrected chi connectivity index (χ4v) is 2.68. The molecule has 0 spiro atoms. The molecule has 134 valence electrons. The normalized spacial score (nSPS) is 10.1. The molecule has 0 saturated heterocycles. The van der Waals surface area contributed by atoms with Crippen molar-refractivity contribution in [1.29, 1.82) is 5.26 Å². The second kappa shape index (κ2) is 7.58. The number of nitrogens with zero attached hydrogens (tertiary/aromatic N) is 3. The molecule has 27 heavy (non-hydrogen) atoms. The average molecular weight is 358 g/mol. The number of aromatic carboxylic acids is 1. The van der Waals surface area contributed by atoms with E-state index in [-0.39, 0.29) is 5.56 Å². The summed E-state index contributed by atoms with van der Waals surface area (Å²) in [7, 11) is 3.95. The van der Waals surface area contributed by atoms with Gasteiger partial charge < -0.3 is 15.3 Å². The van der Waals surface area contributed by atoms with Gasteiger partial charge in [-0.15, -0.1) is 0 Å². The lowest BCUT2D eigenvalue weighted by atomic mass is 10.0. The Morgan fingerprint density at radius 3 is 2.30 bits per heavy atom. The summed E-state index contributed by atoms with van der Waals surface area (Å²) in [6, 6.07) is 16.5. The van der Waals surface area contributed by atoms with Gasteiger partial charge in [0.25, 0.3) is 0 Å². The van der Waals surface area contributed by atoms with Crippen LogP contribution in [0.1, 0.15) is 15.9 Å². The van der Waals surface area contributed by atoms with Gasteiger partial charge in [0.1, 0.15) is 6.07 Å². The van der Waals surface area contributed by atoms with Crippen molar-refractivity contribution < 1.29 is 9.90 Å². The van der Waals surface area contributed by atoms with Crippen LogP contribution in [0.5, 0.6) is 0 Å². The van der Waals surface area contributed by atoms with Crippen molar-refractivity contribution in [1.82, 2.24) is 4.98 Å². The molecule has 0 fully saturated rings. The average Bonchev–Trinajstić information content (AvgIpc) is 2.68. The van der Waals surface area contributed by atoms with E-state index in [1.807, 2.05) is 43.3 Å². The zero-order chi connectivity index (χ0) is 19.4. The molecule has 0 bridgehead atoms. The summed E-state index contributed by atoms with van der Waals surface area (Å²) in [5.41, 5.74) is 4.72. The number of nitriles is 1. The molecule has 0 saturated carbocycles. The Labute approximate surface area is 157 Å². The SMILES string of the molecule is CN(C)c1ccc(-c2cncc(C#N)c2Nc2ccc(C(=O)O)cc2)cc1. The van der Waals surface area contributed by atoms with E-state index in [1.54, 1.807) is 18.3 Å². The lowest BCUT2D eigenvalue weighted by Crippen LogP contribution is -2.08. The van der Waals surface area contributed by atoms with Crippen LogP contribution in [-0.4, -0.2) is 30.2 Å². The molecule has 1 heterocycles. The first kappa shape index (κ1) is 18.0. The summed E-state index contributed by atoms with van der Waals surface area (Å²) in [6.07, 6.45) is 3.21. The number of carboxylic acid groups (broad SMARTS) is 1. The first-order chi connectivity index (χ1) is 13.0. The minimum absolute atomic E-state index is 0.204. The Hall–Kier alpha value is -3.85. The van der Waals surface area contributed by atoms with Gasteiger partial charge in [-0.05, 0) is 42.0 Å². The molecule has 0 amide bonds. The van der Waals surface area contributed by atoms with Crippen molar-refractivity contribution in [2.75, 3.05) is 24.3 Å². The number of carbonyl (C=O) groups is 1. The number of pyridine rings is 1. The molecule has 0 unspecified atom stereocenters. The number of anilines is 3. The quantitative estimate of drug-likeness (QED) is 0.713. The van der Waals surface area contributed by atoms with Gasteiger partial charge in [-0.25, -0.2) is 4.79 Å². The summed E-state index contributed by atoms with van der Waals surface area (Å²) in [5, 5.41) is 21.7. The lowest BCUT2D eigenvalue weighted by Gasteiger charge is -2.16. The largest absolute Gasteiger partial charge is 0.478 e. The maximum absolute atomic E-state index is 11.0. The van der Waals surface area contributed by atoms with Gasteiger partial charge in [0.05, 0.1) is 16.8 Å². The summed E-state index contributed by atoms with van der Waals surface area (Å²) >= 11 is 0. The topological polar surface area (TPSA) is 89.3 Å². The van der Waals surface area contributed by atoms with Crippen LogP contribution in [0.15, 0.2) is 60.9 Å². The van der Waals surface area contributed by atoms with Crippen molar-refractivity contribution in [2.24, 2.45) is 0 Å². The van der Waals surface area contributed by atoms with Gasteiger partial charge in [-0.1, -0.05) is 12.1 Å². The molecular weight excluding hydrogens is 340 g/mol. The molecule has 0 aliphatic rings. The molecule has 0 aliphatic heterocycles. The van der Waals surface area contributed by atoms with Gasteiger partial charge in [0.2, 0.25) is 0 Å². The molecule has 0 aliphatic carbocycles. The number of benzene rings is 2. The van der Waals surface area contributed by atoms with Crippen LogP contribution < -0.4 is 10.2 Å². The number of hydrogen-bond acceptors (Lipinski definition) is 5. The molecular formula is C21H18N4O2. The first-order valence-corrected chi connectivity index (χ1v) is 8.26. The number of rotatable bonds is 5. The third kappa shape index (κ3) is 3.88. The molecule has 6 nitrogen and oxygen atoms in total. The number of nitrogens with one attached hydrogen (secondary N) is 1. The van der Waals surface area contributed by atoms with Crippen LogP contribution in [0.2, 0.25) is 0 Å². The Kier molecular flexibility index (Phi) is 5.04. The van der Waals surface area contributed by atoms with E-state index in [2.05, 4.69) is 16.4 Å². The number of aromatic nitrogens is 1. The molecule has 0 radical (unpaired) electrons. The number of hydrogen-bond donors (Lipinski definition) is 2. The third-order valence-corrected chi connectivity index (χ3v) is 4.16. The fraction of sp³-hybridized carbons (Fsp3) is 0.0952. The van der Waals surface area contributed by atoms with Gasteiger partial charge >= 0.3 is 5.97 Å².